The number of carbonyl (C=O) groups is 1. The van der Waals surface area contributed by atoms with Crippen molar-refractivity contribution in [2.45, 2.75) is 6.92 Å². The summed E-state index contributed by atoms with van der Waals surface area (Å²) in [6, 6.07) is 6.72. The van der Waals surface area contributed by atoms with Crippen LogP contribution in [0.2, 0.25) is 10.0 Å². The zero-order valence-corrected chi connectivity index (χ0v) is 12.9. The van der Waals surface area contributed by atoms with E-state index >= 15 is 0 Å². The van der Waals surface area contributed by atoms with Crippen molar-refractivity contribution in [1.29, 1.82) is 0 Å². The van der Waals surface area contributed by atoms with E-state index in [0.717, 1.165) is 0 Å². The summed E-state index contributed by atoms with van der Waals surface area (Å²) < 4.78 is 1.55. The first-order valence-electron chi connectivity index (χ1n) is 6.41. The molecule has 0 saturated heterocycles. The van der Waals surface area contributed by atoms with Crippen LogP contribution in [0.25, 0.3) is 5.69 Å². The van der Waals surface area contributed by atoms with Gasteiger partial charge in [-0.15, -0.1) is 0 Å². The van der Waals surface area contributed by atoms with Crippen LogP contribution in [-0.2, 0) is 0 Å². The molecule has 1 aromatic heterocycles. The monoisotopic (exact) mass is 327 g/mol. The molecule has 1 aromatic carbocycles. The second-order valence-corrected chi connectivity index (χ2v) is 5.56. The van der Waals surface area contributed by atoms with Gasteiger partial charge in [-0.2, -0.15) is 5.10 Å². The number of nitrogens with one attached hydrogen (secondary N) is 1. The summed E-state index contributed by atoms with van der Waals surface area (Å²) in [6.07, 6.45) is 1.67. The highest BCUT2D eigenvalue weighted by Crippen LogP contribution is 2.24. The molecule has 0 aliphatic heterocycles. The van der Waals surface area contributed by atoms with Gasteiger partial charge in [0.2, 0.25) is 0 Å². The fourth-order valence-corrected chi connectivity index (χ4v) is 1.93. The molecular formula is C14H15Cl2N3O2. The summed E-state index contributed by atoms with van der Waals surface area (Å²) in [7, 11) is 0. The van der Waals surface area contributed by atoms with Crippen molar-refractivity contribution < 1.29 is 9.90 Å². The minimum Gasteiger partial charge on any atom is -0.396 e. The maximum atomic E-state index is 11.9. The van der Waals surface area contributed by atoms with Crippen molar-refractivity contribution in [2.24, 2.45) is 5.92 Å². The van der Waals surface area contributed by atoms with Crippen molar-refractivity contribution >= 4 is 29.1 Å². The highest BCUT2D eigenvalue weighted by atomic mass is 35.5. The van der Waals surface area contributed by atoms with Gasteiger partial charge in [0, 0.05) is 19.3 Å². The van der Waals surface area contributed by atoms with E-state index in [-0.39, 0.29) is 18.4 Å². The highest BCUT2D eigenvalue weighted by molar-refractivity contribution is 6.42. The number of amides is 1. The molecule has 2 aromatic rings. The van der Waals surface area contributed by atoms with E-state index in [1.54, 1.807) is 35.1 Å². The number of hydrogen-bond donors (Lipinski definition) is 2. The Morgan fingerprint density at radius 3 is 2.81 bits per heavy atom. The van der Waals surface area contributed by atoms with E-state index in [1.807, 2.05) is 6.92 Å². The van der Waals surface area contributed by atoms with E-state index in [1.165, 1.54) is 0 Å². The predicted octanol–water partition coefficient (Wildman–Crippen LogP) is 2.54. The van der Waals surface area contributed by atoms with Gasteiger partial charge >= 0.3 is 0 Å². The number of carbonyl (C=O) groups excluding carboxylic acids is 1. The molecule has 7 heteroatoms. The number of halogens is 2. The summed E-state index contributed by atoms with van der Waals surface area (Å²) in [6.45, 7) is 2.27. The summed E-state index contributed by atoms with van der Waals surface area (Å²) in [5, 5.41) is 16.7. The Morgan fingerprint density at radius 1 is 1.38 bits per heavy atom. The van der Waals surface area contributed by atoms with Crippen molar-refractivity contribution in [2.75, 3.05) is 13.2 Å². The molecular weight excluding hydrogens is 313 g/mol. The molecule has 1 amide bonds. The van der Waals surface area contributed by atoms with Crippen molar-refractivity contribution in [3.05, 3.63) is 46.2 Å². The molecule has 112 valence electrons. The fraction of sp³-hybridized carbons (Fsp3) is 0.286. The van der Waals surface area contributed by atoms with Crippen LogP contribution < -0.4 is 5.32 Å². The molecule has 0 spiro atoms. The summed E-state index contributed by atoms with van der Waals surface area (Å²) in [5.41, 5.74) is 1.01. The molecule has 2 N–H and O–H groups in total. The van der Waals surface area contributed by atoms with E-state index in [0.29, 0.717) is 28.0 Å². The third-order valence-corrected chi connectivity index (χ3v) is 3.65. The van der Waals surface area contributed by atoms with Crippen LogP contribution in [0.5, 0.6) is 0 Å². The smallest absolute Gasteiger partial charge is 0.271 e. The SMILES string of the molecule is CC(CO)CNC(=O)c1ccn(-c2ccc(Cl)c(Cl)c2)n1. The number of benzene rings is 1. The molecule has 0 bridgehead atoms. The standard InChI is InChI=1S/C14H15Cl2N3O2/c1-9(8-20)7-17-14(21)13-4-5-19(18-13)10-2-3-11(15)12(16)6-10/h2-6,9,20H,7-8H2,1H3,(H,17,21). The van der Waals surface area contributed by atoms with Crippen LogP contribution >= 0.6 is 23.2 Å². The second kappa shape index (κ2) is 6.93. The van der Waals surface area contributed by atoms with Crippen LogP contribution in [0, 0.1) is 5.92 Å². The Balaban J connectivity index is 2.10. The fourth-order valence-electron chi connectivity index (χ4n) is 1.64. The summed E-state index contributed by atoms with van der Waals surface area (Å²) in [5.74, 6) is -0.278. The normalized spacial score (nSPS) is 12.2. The molecule has 0 saturated carbocycles. The molecule has 1 atom stereocenters. The Bertz CT molecular complexity index is 643. The first-order chi connectivity index (χ1) is 10.0. The van der Waals surface area contributed by atoms with Gasteiger partial charge in [0.25, 0.3) is 5.91 Å². The number of aliphatic hydroxyl groups excluding tert-OH is 1. The Hall–Kier alpha value is -1.56. The number of rotatable bonds is 5. The Labute approximate surface area is 132 Å². The van der Waals surface area contributed by atoms with Crippen LogP contribution in [0.4, 0.5) is 0 Å². The topological polar surface area (TPSA) is 67.2 Å². The van der Waals surface area contributed by atoms with Crippen LogP contribution in [0.15, 0.2) is 30.5 Å². The van der Waals surface area contributed by atoms with E-state index < -0.39 is 0 Å². The second-order valence-electron chi connectivity index (χ2n) is 4.74. The third-order valence-electron chi connectivity index (χ3n) is 2.91. The first kappa shape index (κ1) is 15.8. The molecule has 1 unspecified atom stereocenters. The maximum Gasteiger partial charge on any atom is 0.271 e. The third kappa shape index (κ3) is 3.97. The van der Waals surface area contributed by atoms with Gasteiger partial charge in [-0.1, -0.05) is 30.1 Å². The number of aromatic nitrogens is 2. The van der Waals surface area contributed by atoms with Gasteiger partial charge in [0.1, 0.15) is 0 Å². The molecule has 0 fully saturated rings. The van der Waals surface area contributed by atoms with Gasteiger partial charge in [-0.05, 0) is 30.2 Å². The van der Waals surface area contributed by atoms with Gasteiger partial charge < -0.3 is 10.4 Å². The minimum absolute atomic E-state index is 0.00566. The van der Waals surface area contributed by atoms with Crippen molar-refractivity contribution in [1.82, 2.24) is 15.1 Å². The van der Waals surface area contributed by atoms with Crippen LogP contribution in [0.3, 0.4) is 0 Å². The van der Waals surface area contributed by atoms with Gasteiger partial charge in [0.15, 0.2) is 5.69 Å². The van der Waals surface area contributed by atoms with Gasteiger partial charge in [-0.3, -0.25) is 4.79 Å². The van der Waals surface area contributed by atoms with Gasteiger partial charge in [-0.25, -0.2) is 4.68 Å². The molecule has 21 heavy (non-hydrogen) atoms. The quantitative estimate of drug-likeness (QED) is 0.886. The number of aliphatic hydroxyl groups is 1. The van der Waals surface area contributed by atoms with Crippen molar-refractivity contribution in [3.8, 4) is 5.69 Å². The average Bonchev–Trinajstić information content (AvgIpc) is 2.97. The number of nitrogens with zero attached hydrogens (tertiary/aromatic N) is 2. The van der Waals surface area contributed by atoms with Crippen molar-refractivity contribution in [3.63, 3.8) is 0 Å². The lowest BCUT2D eigenvalue weighted by Gasteiger charge is -2.08. The number of hydrogen-bond acceptors (Lipinski definition) is 3. The summed E-state index contributed by atoms with van der Waals surface area (Å²) >= 11 is 11.8. The molecule has 1 heterocycles. The first-order valence-corrected chi connectivity index (χ1v) is 7.17. The molecule has 0 aliphatic rings. The molecule has 5 nitrogen and oxygen atoms in total. The summed E-state index contributed by atoms with van der Waals surface area (Å²) in [4.78, 5) is 11.9. The Morgan fingerprint density at radius 2 is 2.14 bits per heavy atom. The Kier molecular flexibility index (Phi) is 5.22. The van der Waals surface area contributed by atoms with Crippen LogP contribution in [0.1, 0.15) is 17.4 Å². The predicted molar refractivity (Wildman–Crippen MR) is 82.2 cm³/mol. The lowest BCUT2D eigenvalue weighted by molar-refractivity contribution is 0.0937. The largest absolute Gasteiger partial charge is 0.396 e. The van der Waals surface area contributed by atoms with E-state index in [2.05, 4.69) is 10.4 Å². The average molecular weight is 328 g/mol. The zero-order valence-electron chi connectivity index (χ0n) is 11.4. The van der Waals surface area contributed by atoms with Crippen LogP contribution in [-0.4, -0.2) is 33.9 Å². The van der Waals surface area contributed by atoms with Gasteiger partial charge in [0.05, 0.1) is 15.7 Å². The molecule has 0 aliphatic carbocycles. The van der Waals surface area contributed by atoms with E-state index in [4.69, 9.17) is 28.3 Å². The zero-order chi connectivity index (χ0) is 15.4. The highest BCUT2D eigenvalue weighted by Gasteiger charge is 2.11. The molecule has 2 rings (SSSR count). The van der Waals surface area contributed by atoms with E-state index in [9.17, 15) is 4.79 Å². The maximum absolute atomic E-state index is 11.9. The lowest BCUT2D eigenvalue weighted by Crippen LogP contribution is -2.29. The minimum atomic E-state index is -0.283. The lowest BCUT2D eigenvalue weighted by atomic mass is 10.2. The molecule has 0 radical (unpaired) electrons.